The number of carbonyl (C=O) groups excluding carboxylic acids is 3. The summed E-state index contributed by atoms with van der Waals surface area (Å²) in [6, 6.07) is 2.95. The zero-order valence-corrected chi connectivity index (χ0v) is 13.8. The summed E-state index contributed by atoms with van der Waals surface area (Å²) >= 11 is 5.87. The molecule has 1 aliphatic rings. The van der Waals surface area contributed by atoms with Gasteiger partial charge in [0.15, 0.2) is 12.6 Å². The van der Waals surface area contributed by atoms with Crippen molar-refractivity contribution in [3.05, 3.63) is 29.0 Å². The second-order valence-electron chi connectivity index (χ2n) is 5.38. The van der Waals surface area contributed by atoms with Gasteiger partial charge in [-0.25, -0.2) is 4.39 Å². The lowest BCUT2D eigenvalue weighted by molar-refractivity contribution is -0.909. The minimum Gasteiger partial charge on any atom is -0.469 e. The zero-order chi connectivity index (χ0) is 17.7. The topological polar surface area (TPSA) is 88.9 Å². The second-order valence-corrected chi connectivity index (χ2v) is 5.79. The van der Waals surface area contributed by atoms with Crippen LogP contribution < -0.4 is 15.5 Å². The van der Waals surface area contributed by atoms with E-state index in [4.69, 9.17) is 11.6 Å². The van der Waals surface area contributed by atoms with Crippen LogP contribution in [0.1, 0.15) is 6.42 Å². The van der Waals surface area contributed by atoms with E-state index in [0.717, 1.165) is 6.07 Å². The summed E-state index contributed by atoms with van der Waals surface area (Å²) in [4.78, 5) is 36.3. The lowest BCUT2D eigenvalue weighted by Crippen LogP contribution is -3.20. The van der Waals surface area contributed by atoms with Crippen molar-refractivity contribution in [2.75, 3.05) is 32.1 Å². The number of rotatable bonds is 5. The maximum atomic E-state index is 13.0. The Hall–Kier alpha value is -2.19. The molecule has 1 fully saturated rings. The number of ether oxygens (including phenoxy) is 1. The Labute approximate surface area is 143 Å². The summed E-state index contributed by atoms with van der Waals surface area (Å²) in [5.41, 5.74) is 0.286. The third-order valence-corrected chi connectivity index (χ3v) is 4.06. The van der Waals surface area contributed by atoms with Gasteiger partial charge in [0, 0.05) is 0 Å². The van der Waals surface area contributed by atoms with Crippen molar-refractivity contribution in [3.8, 4) is 0 Å². The smallest absolute Gasteiger partial charge is 0.312 e. The first-order valence-electron chi connectivity index (χ1n) is 7.34. The largest absolute Gasteiger partial charge is 0.469 e. The van der Waals surface area contributed by atoms with Crippen LogP contribution in [0.3, 0.4) is 0 Å². The quantitative estimate of drug-likeness (QED) is 0.611. The Morgan fingerprint density at radius 3 is 2.92 bits per heavy atom. The number of anilines is 1. The van der Waals surface area contributed by atoms with Crippen LogP contribution in [-0.4, -0.2) is 50.6 Å². The first kappa shape index (κ1) is 18.2. The average Bonchev–Trinajstić information content (AvgIpc) is 2.53. The van der Waals surface area contributed by atoms with Crippen molar-refractivity contribution in [1.29, 1.82) is 0 Å². The zero-order valence-electron chi connectivity index (χ0n) is 13.0. The molecule has 7 nitrogen and oxygen atoms in total. The van der Waals surface area contributed by atoms with Gasteiger partial charge >= 0.3 is 5.97 Å². The van der Waals surface area contributed by atoms with Crippen molar-refractivity contribution in [3.63, 3.8) is 0 Å². The molecule has 0 radical (unpaired) electrons. The van der Waals surface area contributed by atoms with Gasteiger partial charge in [-0.3, -0.25) is 14.4 Å². The second kappa shape index (κ2) is 8.07. The molecule has 1 heterocycles. The van der Waals surface area contributed by atoms with Gasteiger partial charge in [0.1, 0.15) is 12.2 Å². The number of quaternary nitrogens is 1. The van der Waals surface area contributed by atoms with Crippen molar-refractivity contribution in [1.82, 2.24) is 5.32 Å². The number of carbonyl (C=O) groups is 3. The number of piperazine rings is 1. The highest BCUT2D eigenvalue weighted by Crippen LogP contribution is 2.22. The van der Waals surface area contributed by atoms with Crippen LogP contribution in [-0.2, 0) is 19.1 Å². The Morgan fingerprint density at radius 1 is 1.50 bits per heavy atom. The fraction of sp³-hybridized carbons (Fsp3) is 0.400. The molecule has 0 aliphatic carbocycles. The van der Waals surface area contributed by atoms with E-state index in [1.165, 1.54) is 19.2 Å². The predicted molar refractivity (Wildman–Crippen MR) is 84.2 cm³/mol. The fourth-order valence-electron chi connectivity index (χ4n) is 2.52. The van der Waals surface area contributed by atoms with E-state index in [-0.39, 0.29) is 35.5 Å². The molecule has 0 saturated carbocycles. The highest BCUT2D eigenvalue weighted by molar-refractivity contribution is 6.33. The molecule has 24 heavy (non-hydrogen) atoms. The lowest BCUT2D eigenvalue weighted by atomic mass is 10.1. The van der Waals surface area contributed by atoms with Crippen LogP contribution in [0.4, 0.5) is 10.1 Å². The number of benzene rings is 1. The molecule has 1 aromatic carbocycles. The van der Waals surface area contributed by atoms with Crippen molar-refractivity contribution in [2.24, 2.45) is 0 Å². The average molecular weight is 359 g/mol. The highest BCUT2D eigenvalue weighted by Gasteiger charge is 2.36. The Kier molecular flexibility index (Phi) is 6.10. The number of methoxy groups -OCH3 is 1. The van der Waals surface area contributed by atoms with E-state index in [1.807, 2.05) is 0 Å². The van der Waals surface area contributed by atoms with Crippen LogP contribution in [0.2, 0.25) is 5.02 Å². The number of hydrogen-bond acceptors (Lipinski definition) is 4. The number of amides is 2. The maximum Gasteiger partial charge on any atom is 0.312 e. The van der Waals surface area contributed by atoms with E-state index in [1.54, 1.807) is 0 Å². The molecule has 0 spiro atoms. The molecule has 130 valence electrons. The van der Waals surface area contributed by atoms with E-state index in [9.17, 15) is 18.8 Å². The molecule has 1 unspecified atom stereocenters. The van der Waals surface area contributed by atoms with Crippen molar-refractivity contribution >= 4 is 35.1 Å². The molecule has 0 aromatic heterocycles. The van der Waals surface area contributed by atoms with Gasteiger partial charge in [0.2, 0.25) is 0 Å². The number of hydrogen-bond donors (Lipinski definition) is 3. The first-order chi connectivity index (χ1) is 11.4. The van der Waals surface area contributed by atoms with Crippen LogP contribution in [0.25, 0.3) is 0 Å². The Bertz CT molecular complexity index is 656. The summed E-state index contributed by atoms with van der Waals surface area (Å²) in [6.45, 7) is 0.886. The van der Waals surface area contributed by atoms with Gasteiger partial charge < -0.3 is 20.3 Å². The number of nitrogens with one attached hydrogen (secondary N) is 3. The van der Waals surface area contributed by atoms with Gasteiger partial charge in [0.05, 0.1) is 30.9 Å². The van der Waals surface area contributed by atoms with E-state index < -0.39 is 17.8 Å². The standard InChI is InChI=1S/C15H17ClFN3O4/c1-24-14(22)7-12-15(23)18-4-5-20(12)8-13(21)19-11-3-2-9(17)6-10(11)16/h2-3,6,12H,4-5,7-8H2,1H3,(H,18,23)(H,19,21)/p+1/t12-/m1/s1. The molecule has 9 heteroatoms. The lowest BCUT2D eigenvalue weighted by Gasteiger charge is -2.30. The predicted octanol–water partition coefficient (Wildman–Crippen LogP) is -0.636. The molecule has 1 saturated heterocycles. The summed E-state index contributed by atoms with van der Waals surface area (Å²) in [6.07, 6.45) is -0.109. The molecular formula is C15H18ClFN3O4+. The SMILES string of the molecule is COC(=O)C[C@@H]1C(=O)NCC[NH+]1CC(=O)Nc1ccc(F)cc1Cl. The molecule has 2 rings (SSSR count). The van der Waals surface area contributed by atoms with Gasteiger partial charge in [-0.05, 0) is 18.2 Å². The molecule has 3 N–H and O–H groups in total. The molecule has 2 atom stereocenters. The molecule has 0 bridgehead atoms. The minimum absolute atomic E-state index is 0.0250. The van der Waals surface area contributed by atoms with Crippen molar-refractivity contribution in [2.45, 2.75) is 12.5 Å². The van der Waals surface area contributed by atoms with Gasteiger partial charge in [-0.15, -0.1) is 0 Å². The maximum absolute atomic E-state index is 13.0. The van der Waals surface area contributed by atoms with E-state index in [2.05, 4.69) is 15.4 Å². The molecular weight excluding hydrogens is 341 g/mol. The first-order valence-corrected chi connectivity index (χ1v) is 7.72. The van der Waals surface area contributed by atoms with Gasteiger partial charge in [0.25, 0.3) is 11.8 Å². The summed E-state index contributed by atoms with van der Waals surface area (Å²) in [5, 5.41) is 5.33. The van der Waals surface area contributed by atoms with Gasteiger partial charge in [-0.1, -0.05) is 11.6 Å². The third-order valence-electron chi connectivity index (χ3n) is 3.75. The van der Waals surface area contributed by atoms with Crippen LogP contribution in [0, 0.1) is 5.82 Å². The molecule has 2 amide bonds. The van der Waals surface area contributed by atoms with E-state index in [0.29, 0.717) is 18.0 Å². The van der Waals surface area contributed by atoms with Crippen LogP contribution >= 0.6 is 11.6 Å². The molecule has 1 aliphatic heterocycles. The Morgan fingerprint density at radius 2 is 2.25 bits per heavy atom. The Balaban J connectivity index is 2.02. The number of halogens is 2. The normalized spacial score (nSPS) is 20.2. The minimum atomic E-state index is -0.694. The highest BCUT2D eigenvalue weighted by atomic mass is 35.5. The fourth-order valence-corrected chi connectivity index (χ4v) is 2.73. The van der Waals surface area contributed by atoms with Crippen LogP contribution in [0.5, 0.6) is 0 Å². The molecule has 1 aromatic rings. The van der Waals surface area contributed by atoms with Gasteiger partial charge in [-0.2, -0.15) is 0 Å². The van der Waals surface area contributed by atoms with E-state index >= 15 is 0 Å². The summed E-state index contributed by atoms with van der Waals surface area (Å²) in [7, 11) is 1.24. The number of esters is 1. The summed E-state index contributed by atoms with van der Waals surface area (Å²) in [5.74, 6) is -1.71. The van der Waals surface area contributed by atoms with Crippen LogP contribution in [0.15, 0.2) is 18.2 Å². The third kappa shape index (κ3) is 4.65. The monoisotopic (exact) mass is 358 g/mol. The summed E-state index contributed by atoms with van der Waals surface area (Å²) < 4.78 is 17.6. The van der Waals surface area contributed by atoms with Crippen molar-refractivity contribution < 1.29 is 28.4 Å².